The second kappa shape index (κ2) is 8.32. The normalized spacial score (nSPS) is 21.3. The Kier molecular flexibility index (Phi) is 7.47. The average Bonchev–Trinajstić information content (AvgIpc) is 3.12. The molecule has 112 valence electrons. The number of halogens is 1. The summed E-state index contributed by atoms with van der Waals surface area (Å²) in [5.74, 6) is 2.02. The summed E-state index contributed by atoms with van der Waals surface area (Å²) >= 11 is 0. The predicted molar refractivity (Wildman–Crippen MR) is 93.3 cm³/mol. The number of guanidine groups is 1. The van der Waals surface area contributed by atoms with E-state index in [1.807, 2.05) is 0 Å². The predicted octanol–water partition coefficient (Wildman–Crippen LogP) is 3.54. The third kappa shape index (κ3) is 5.48. The van der Waals surface area contributed by atoms with Gasteiger partial charge in [-0.1, -0.05) is 26.2 Å². The molecular weight excluding hydrogens is 349 g/mol. The van der Waals surface area contributed by atoms with Gasteiger partial charge in [0.2, 0.25) is 0 Å². The summed E-state index contributed by atoms with van der Waals surface area (Å²) in [6.07, 6.45) is 9.60. The van der Waals surface area contributed by atoms with E-state index in [0.29, 0.717) is 5.41 Å². The van der Waals surface area contributed by atoms with E-state index >= 15 is 0 Å². The van der Waals surface area contributed by atoms with Crippen molar-refractivity contribution in [1.29, 1.82) is 0 Å². The van der Waals surface area contributed by atoms with Crippen molar-refractivity contribution >= 4 is 29.9 Å². The Balaban J connectivity index is 0.00000180. The maximum absolute atomic E-state index is 4.79. The standard InChI is InChI=1S/C15H29N3.HI/c1-3-15(9-5-10-15)12-18-14(16-4-2)17-11-8-13-6-7-13;/h13H,3-12H2,1-2H3,(H2,16,17,18);1H. The van der Waals surface area contributed by atoms with Crippen LogP contribution in [0, 0.1) is 11.3 Å². The number of nitrogens with zero attached hydrogens (tertiary/aromatic N) is 1. The van der Waals surface area contributed by atoms with Gasteiger partial charge in [0.05, 0.1) is 0 Å². The largest absolute Gasteiger partial charge is 0.357 e. The van der Waals surface area contributed by atoms with Crippen molar-refractivity contribution in [2.75, 3.05) is 19.6 Å². The van der Waals surface area contributed by atoms with Crippen molar-refractivity contribution in [3.63, 3.8) is 0 Å². The molecule has 2 aliphatic rings. The molecule has 0 unspecified atom stereocenters. The molecule has 2 N–H and O–H groups in total. The molecule has 0 aromatic carbocycles. The lowest BCUT2D eigenvalue weighted by Crippen LogP contribution is -2.40. The van der Waals surface area contributed by atoms with E-state index in [0.717, 1.165) is 31.5 Å². The van der Waals surface area contributed by atoms with Crippen molar-refractivity contribution < 1.29 is 0 Å². The zero-order valence-corrected chi connectivity index (χ0v) is 14.8. The summed E-state index contributed by atoms with van der Waals surface area (Å²) < 4.78 is 0. The van der Waals surface area contributed by atoms with Gasteiger partial charge in [0.15, 0.2) is 5.96 Å². The monoisotopic (exact) mass is 379 g/mol. The molecule has 4 heteroatoms. The molecule has 3 nitrogen and oxygen atoms in total. The lowest BCUT2D eigenvalue weighted by molar-refractivity contribution is 0.139. The van der Waals surface area contributed by atoms with Gasteiger partial charge in [-0.15, -0.1) is 24.0 Å². The molecule has 0 atom stereocenters. The van der Waals surface area contributed by atoms with Crippen LogP contribution in [0.25, 0.3) is 0 Å². The minimum absolute atomic E-state index is 0. The Hall–Kier alpha value is 0. The highest BCUT2D eigenvalue weighted by molar-refractivity contribution is 14.0. The van der Waals surface area contributed by atoms with Gasteiger partial charge in [0.25, 0.3) is 0 Å². The molecule has 0 bridgehead atoms. The third-order valence-electron chi connectivity index (χ3n) is 4.62. The summed E-state index contributed by atoms with van der Waals surface area (Å²) in [7, 11) is 0. The minimum Gasteiger partial charge on any atom is -0.357 e. The summed E-state index contributed by atoms with van der Waals surface area (Å²) in [6.45, 7) is 7.48. The van der Waals surface area contributed by atoms with Gasteiger partial charge in [-0.25, -0.2) is 0 Å². The van der Waals surface area contributed by atoms with Crippen molar-refractivity contribution in [2.45, 2.75) is 58.8 Å². The van der Waals surface area contributed by atoms with Gasteiger partial charge in [0.1, 0.15) is 0 Å². The molecule has 0 aromatic heterocycles. The molecule has 2 aliphatic carbocycles. The van der Waals surface area contributed by atoms with Crippen LogP contribution in [0.1, 0.15) is 58.8 Å². The summed E-state index contributed by atoms with van der Waals surface area (Å²) in [4.78, 5) is 4.79. The zero-order valence-electron chi connectivity index (χ0n) is 12.5. The van der Waals surface area contributed by atoms with Crippen LogP contribution in [0.4, 0.5) is 0 Å². The van der Waals surface area contributed by atoms with E-state index in [1.165, 1.54) is 44.9 Å². The second-order valence-corrected chi connectivity index (χ2v) is 6.06. The van der Waals surface area contributed by atoms with Crippen LogP contribution in [0.5, 0.6) is 0 Å². The first kappa shape index (κ1) is 17.1. The van der Waals surface area contributed by atoms with Gasteiger partial charge in [0, 0.05) is 19.6 Å². The number of nitrogens with one attached hydrogen (secondary N) is 2. The SMILES string of the molecule is CCNC(=NCC1(CC)CCC1)NCCC1CC1.I. The lowest BCUT2D eigenvalue weighted by Gasteiger charge is -2.40. The smallest absolute Gasteiger partial charge is 0.191 e. The second-order valence-electron chi connectivity index (χ2n) is 6.06. The summed E-state index contributed by atoms with van der Waals surface area (Å²) in [6, 6.07) is 0. The van der Waals surface area contributed by atoms with Gasteiger partial charge in [-0.2, -0.15) is 0 Å². The van der Waals surface area contributed by atoms with Gasteiger partial charge >= 0.3 is 0 Å². The first-order valence-corrected chi connectivity index (χ1v) is 7.80. The molecule has 19 heavy (non-hydrogen) atoms. The van der Waals surface area contributed by atoms with Crippen LogP contribution in [0.3, 0.4) is 0 Å². The highest BCUT2D eigenvalue weighted by atomic mass is 127. The highest BCUT2D eigenvalue weighted by Crippen LogP contribution is 2.43. The fourth-order valence-corrected chi connectivity index (χ4v) is 2.69. The van der Waals surface area contributed by atoms with Crippen molar-refractivity contribution in [2.24, 2.45) is 16.3 Å². The van der Waals surface area contributed by atoms with E-state index in [1.54, 1.807) is 0 Å². The average molecular weight is 379 g/mol. The van der Waals surface area contributed by atoms with Gasteiger partial charge in [-0.05, 0) is 43.9 Å². The number of rotatable bonds is 7. The molecule has 0 aliphatic heterocycles. The molecule has 0 amide bonds. The third-order valence-corrected chi connectivity index (χ3v) is 4.62. The van der Waals surface area contributed by atoms with Gasteiger partial charge in [-0.3, -0.25) is 4.99 Å². The Bertz CT molecular complexity index is 278. The Labute approximate surface area is 135 Å². The summed E-state index contributed by atoms with van der Waals surface area (Å²) in [5, 5.41) is 6.84. The van der Waals surface area contributed by atoms with Crippen LogP contribution in [-0.2, 0) is 0 Å². The maximum Gasteiger partial charge on any atom is 0.191 e. The van der Waals surface area contributed by atoms with Gasteiger partial charge < -0.3 is 10.6 Å². The van der Waals surface area contributed by atoms with Crippen molar-refractivity contribution in [3.05, 3.63) is 0 Å². The zero-order chi connectivity index (χ0) is 12.8. The van der Waals surface area contributed by atoms with Crippen molar-refractivity contribution in [1.82, 2.24) is 10.6 Å². The van der Waals surface area contributed by atoms with Crippen LogP contribution in [-0.4, -0.2) is 25.6 Å². The lowest BCUT2D eigenvalue weighted by atomic mass is 9.67. The van der Waals surface area contributed by atoms with Crippen LogP contribution >= 0.6 is 24.0 Å². The maximum atomic E-state index is 4.79. The van der Waals surface area contributed by atoms with Crippen LogP contribution in [0.2, 0.25) is 0 Å². The molecule has 0 radical (unpaired) electrons. The number of hydrogen-bond acceptors (Lipinski definition) is 1. The fourth-order valence-electron chi connectivity index (χ4n) is 2.69. The van der Waals surface area contributed by atoms with Crippen LogP contribution in [0.15, 0.2) is 4.99 Å². The topological polar surface area (TPSA) is 36.4 Å². The Morgan fingerprint density at radius 1 is 1.21 bits per heavy atom. The Morgan fingerprint density at radius 3 is 2.42 bits per heavy atom. The van der Waals surface area contributed by atoms with E-state index < -0.39 is 0 Å². The van der Waals surface area contributed by atoms with Crippen molar-refractivity contribution in [3.8, 4) is 0 Å². The fraction of sp³-hybridized carbons (Fsp3) is 0.933. The first-order chi connectivity index (χ1) is 8.78. The Morgan fingerprint density at radius 2 is 1.95 bits per heavy atom. The number of hydrogen-bond donors (Lipinski definition) is 2. The molecule has 0 spiro atoms. The van der Waals surface area contributed by atoms with E-state index in [2.05, 4.69) is 24.5 Å². The molecule has 2 rings (SSSR count). The number of aliphatic imine (C=N–C) groups is 1. The minimum atomic E-state index is 0. The quantitative estimate of drug-likeness (QED) is 0.403. The molecule has 0 saturated heterocycles. The molecule has 2 fully saturated rings. The molecule has 0 aromatic rings. The first-order valence-electron chi connectivity index (χ1n) is 7.80. The van der Waals surface area contributed by atoms with E-state index in [9.17, 15) is 0 Å². The van der Waals surface area contributed by atoms with Crippen LogP contribution < -0.4 is 10.6 Å². The highest BCUT2D eigenvalue weighted by Gasteiger charge is 2.34. The molecular formula is C15H30IN3. The van der Waals surface area contributed by atoms with E-state index in [-0.39, 0.29) is 24.0 Å². The summed E-state index contributed by atoms with van der Waals surface area (Å²) in [5.41, 5.74) is 0.527. The molecule has 2 saturated carbocycles. The molecule has 0 heterocycles. The van der Waals surface area contributed by atoms with E-state index in [4.69, 9.17) is 4.99 Å².